The predicted octanol–water partition coefficient (Wildman–Crippen LogP) is 2.84. The molecule has 1 atom stereocenters. The molecule has 3 rings (SSSR count). The Bertz CT molecular complexity index is 747. The van der Waals surface area contributed by atoms with E-state index in [2.05, 4.69) is 9.97 Å². The minimum absolute atomic E-state index is 0.103. The van der Waals surface area contributed by atoms with Gasteiger partial charge in [-0.2, -0.15) is 0 Å². The number of nitrogens with zero attached hydrogens (tertiary/aromatic N) is 2. The minimum atomic E-state index is -1.71. The Morgan fingerprint density at radius 1 is 1.46 bits per heavy atom. The van der Waals surface area contributed by atoms with Gasteiger partial charge in [-0.1, -0.05) is 18.5 Å². The van der Waals surface area contributed by atoms with Gasteiger partial charge in [0.15, 0.2) is 5.67 Å². The number of aromatic amines is 1. The van der Waals surface area contributed by atoms with Crippen LogP contribution in [0.2, 0.25) is 5.02 Å². The zero-order chi connectivity index (χ0) is 17.3. The van der Waals surface area contributed by atoms with Crippen LogP contribution in [0.4, 0.5) is 4.39 Å². The first-order valence-corrected chi connectivity index (χ1v) is 8.27. The maximum atomic E-state index is 14.2. The van der Waals surface area contributed by atoms with E-state index in [1.807, 2.05) is 19.1 Å². The summed E-state index contributed by atoms with van der Waals surface area (Å²) < 4.78 is 14.2. The molecule has 1 aliphatic heterocycles. The molecule has 24 heavy (non-hydrogen) atoms. The molecule has 1 aromatic heterocycles. The van der Waals surface area contributed by atoms with Crippen molar-refractivity contribution in [2.45, 2.75) is 25.4 Å². The molecule has 1 aromatic carbocycles. The lowest BCUT2D eigenvalue weighted by Gasteiger charge is -2.18. The Kier molecular flexibility index (Phi) is 4.60. The van der Waals surface area contributed by atoms with Gasteiger partial charge in [0.25, 0.3) is 5.91 Å². The molecule has 1 unspecified atom stereocenters. The van der Waals surface area contributed by atoms with Crippen LogP contribution in [0.5, 0.6) is 0 Å². The Morgan fingerprint density at radius 2 is 2.17 bits per heavy atom. The summed E-state index contributed by atoms with van der Waals surface area (Å²) in [5.41, 5.74) is 0.136. The average Bonchev–Trinajstić information content (AvgIpc) is 3.19. The summed E-state index contributed by atoms with van der Waals surface area (Å²) >= 11 is 5.89. The second-order valence-corrected chi connectivity index (χ2v) is 6.50. The average molecular weight is 352 g/mol. The molecular weight excluding hydrogens is 333 g/mol. The van der Waals surface area contributed by atoms with Crippen LogP contribution in [0, 0.1) is 0 Å². The predicted molar refractivity (Wildman–Crippen MR) is 89.9 cm³/mol. The summed E-state index contributed by atoms with van der Waals surface area (Å²) in [6, 6.07) is 7.16. The largest absolute Gasteiger partial charge is 0.393 e. The van der Waals surface area contributed by atoms with E-state index in [9.17, 15) is 9.18 Å². The number of aromatic nitrogens is 2. The normalized spacial score (nSPS) is 20.6. The number of aliphatic hydroxyl groups excluding tert-OH is 1. The number of hydrogen-bond acceptors (Lipinski definition) is 3. The van der Waals surface area contributed by atoms with E-state index < -0.39 is 12.3 Å². The van der Waals surface area contributed by atoms with Crippen molar-refractivity contribution in [3.05, 3.63) is 40.7 Å². The molecule has 1 saturated heterocycles. The third kappa shape index (κ3) is 3.16. The van der Waals surface area contributed by atoms with Crippen LogP contribution < -0.4 is 0 Å². The number of alkyl halides is 1. The molecule has 2 aromatic rings. The molecule has 0 bridgehead atoms. The fraction of sp³-hybridized carbons (Fsp3) is 0.412. The van der Waals surface area contributed by atoms with Crippen LogP contribution in [0.25, 0.3) is 11.4 Å². The van der Waals surface area contributed by atoms with E-state index in [0.717, 1.165) is 5.56 Å². The third-order valence-corrected chi connectivity index (χ3v) is 4.58. The molecule has 0 saturated carbocycles. The summed E-state index contributed by atoms with van der Waals surface area (Å²) in [4.78, 5) is 21.7. The van der Waals surface area contributed by atoms with E-state index in [0.29, 0.717) is 28.7 Å². The zero-order valence-corrected chi connectivity index (χ0v) is 14.1. The van der Waals surface area contributed by atoms with E-state index in [1.165, 1.54) is 4.90 Å². The van der Waals surface area contributed by atoms with Gasteiger partial charge >= 0.3 is 0 Å². The molecule has 128 valence electrons. The number of rotatable bonds is 4. The van der Waals surface area contributed by atoms with Gasteiger partial charge in [0, 0.05) is 29.2 Å². The number of nitrogens with one attached hydrogen (secondary N) is 1. The lowest BCUT2D eigenvalue weighted by molar-refractivity contribution is 0.0627. The maximum Gasteiger partial charge on any atom is 0.274 e. The first-order valence-electron chi connectivity index (χ1n) is 7.89. The Balaban J connectivity index is 1.88. The van der Waals surface area contributed by atoms with Crippen molar-refractivity contribution in [2.75, 3.05) is 19.7 Å². The number of aryl methyl sites for hydroxylation is 1. The number of benzene rings is 1. The van der Waals surface area contributed by atoms with Crippen LogP contribution in [0.15, 0.2) is 24.3 Å². The monoisotopic (exact) mass is 351 g/mol. The molecule has 2 N–H and O–H groups in total. The van der Waals surface area contributed by atoms with E-state index in [-0.39, 0.29) is 25.4 Å². The van der Waals surface area contributed by atoms with Gasteiger partial charge in [-0.15, -0.1) is 0 Å². The zero-order valence-electron chi connectivity index (χ0n) is 13.4. The number of aliphatic hydroxyl groups is 1. The highest BCUT2D eigenvalue weighted by molar-refractivity contribution is 6.30. The lowest BCUT2D eigenvalue weighted by Crippen LogP contribution is -2.36. The molecule has 1 amide bonds. The number of imidazole rings is 1. The van der Waals surface area contributed by atoms with Crippen molar-refractivity contribution >= 4 is 17.5 Å². The Labute approximate surface area is 144 Å². The van der Waals surface area contributed by atoms with Crippen LogP contribution >= 0.6 is 11.6 Å². The first kappa shape index (κ1) is 16.9. The highest BCUT2D eigenvalue weighted by Gasteiger charge is 2.40. The van der Waals surface area contributed by atoms with Gasteiger partial charge in [0.1, 0.15) is 11.5 Å². The van der Waals surface area contributed by atoms with Crippen LogP contribution in [0.3, 0.4) is 0 Å². The highest BCUT2D eigenvalue weighted by atomic mass is 35.5. The van der Waals surface area contributed by atoms with Crippen molar-refractivity contribution in [1.29, 1.82) is 0 Å². The number of amides is 1. The molecule has 5 nitrogen and oxygen atoms in total. The van der Waals surface area contributed by atoms with Gasteiger partial charge in [-0.25, -0.2) is 9.37 Å². The molecule has 1 aliphatic rings. The number of carbonyl (C=O) groups excluding carboxylic acids is 1. The molecular formula is C17H19ClFN3O2. The molecule has 1 fully saturated rings. The smallest absolute Gasteiger partial charge is 0.274 e. The van der Waals surface area contributed by atoms with Crippen LogP contribution in [0.1, 0.15) is 29.5 Å². The molecule has 0 aliphatic carbocycles. The SMILES string of the molecule is CCc1[nH]c(-c2ccc(Cl)cc2)nc1C(=O)N1CCC(F)(CO)C1. The maximum absolute atomic E-state index is 14.2. The summed E-state index contributed by atoms with van der Waals surface area (Å²) in [5, 5.41) is 9.75. The van der Waals surface area contributed by atoms with Gasteiger partial charge in [-0.05, 0) is 30.7 Å². The number of H-pyrrole nitrogens is 1. The number of hydrogen-bond donors (Lipinski definition) is 2. The molecule has 7 heteroatoms. The van der Waals surface area contributed by atoms with Gasteiger partial charge in [0.2, 0.25) is 0 Å². The van der Waals surface area contributed by atoms with Crippen molar-refractivity contribution in [3.63, 3.8) is 0 Å². The topological polar surface area (TPSA) is 69.2 Å². The van der Waals surface area contributed by atoms with Crippen LogP contribution in [-0.4, -0.2) is 51.2 Å². The van der Waals surface area contributed by atoms with Crippen molar-refractivity contribution in [3.8, 4) is 11.4 Å². The summed E-state index contributed by atoms with van der Waals surface area (Å²) in [6.45, 7) is 1.53. The summed E-state index contributed by atoms with van der Waals surface area (Å²) in [6.07, 6.45) is 0.751. The Hall–Kier alpha value is -1.92. The van der Waals surface area contributed by atoms with Crippen molar-refractivity contribution in [2.24, 2.45) is 0 Å². The highest BCUT2D eigenvalue weighted by Crippen LogP contribution is 2.27. The van der Waals surface area contributed by atoms with Gasteiger partial charge in [0.05, 0.1) is 13.2 Å². The summed E-state index contributed by atoms with van der Waals surface area (Å²) in [5.74, 6) is 0.274. The summed E-state index contributed by atoms with van der Waals surface area (Å²) in [7, 11) is 0. The quantitative estimate of drug-likeness (QED) is 0.890. The molecule has 0 radical (unpaired) electrons. The van der Waals surface area contributed by atoms with E-state index in [4.69, 9.17) is 16.7 Å². The number of halogens is 2. The van der Waals surface area contributed by atoms with Crippen molar-refractivity contribution in [1.82, 2.24) is 14.9 Å². The van der Waals surface area contributed by atoms with E-state index in [1.54, 1.807) is 12.1 Å². The lowest BCUT2D eigenvalue weighted by atomic mass is 10.1. The number of likely N-dealkylation sites (tertiary alicyclic amines) is 1. The van der Waals surface area contributed by atoms with Crippen LogP contribution in [-0.2, 0) is 6.42 Å². The molecule has 0 spiro atoms. The second-order valence-electron chi connectivity index (χ2n) is 6.06. The van der Waals surface area contributed by atoms with Gasteiger partial charge in [-0.3, -0.25) is 4.79 Å². The van der Waals surface area contributed by atoms with E-state index >= 15 is 0 Å². The second kappa shape index (κ2) is 6.53. The third-order valence-electron chi connectivity index (χ3n) is 4.33. The van der Waals surface area contributed by atoms with Crippen molar-refractivity contribution < 1.29 is 14.3 Å². The molecule has 2 heterocycles. The fourth-order valence-corrected chi connectivity index (χ4v) is 3.00. The minimum Gasteiger partial charge on any atom is -0.393 e. The number of carbonyl (C=O) groups is 1. The standard InChI is InChI=1S/C17H19ClFN3O2/c1-2-13-14(16(24)22-8-7-17(19,9-22)10-23)21-15(20-13)11-3-5-12(18)6-4-11/h3-6,23H,2,7-10H2,1H3,(H,20,21). The Morgan fingerprint density at radius 3 is 2.75 bits per heavy atom. The first-order chi connectivity index (χ1) is 11.5. The fourth-order valence-electron chi connectivity index (χ4n) is 2.87. The van der Waals surface area contributed by atoms with Gasteiger partial charge < -0.3 is 15.0 Å².